The molecule has 3 heterocycles. The number of nitrogens with two attached hydrogens (primary N) is 3. The van der Waals surface area contributed by atoms with Crippen LogP contribution in [0.4, 0.5) is 10.3 Å². The number of nitrogens with one attached hydrogen (secondary N) is 1. The number of anilines is 1. The number of rotatable bonds is 11. The molecule has 0 amide bonds. The summed E-state index contributed by atoms with van der Waals surface area (Å²) in [6, 6.07) is -2.02. The number of hydrogen-bond donors (Lipinski definition) is 4. The number of carbonyl (C=O) groups is 3. The molecule has 216 valence electrons. The molecule has 6 atom stereocenters. The van der Waals surface area contributed by atoms with E-state index in [4.69, 9.17) is 36.1 Å². The van der Waals surface area contributed by atoms with E-state index in [-0.39, 0.29) is 35.4 Å². The monoisotopic (exact) mass is 555 g/mol. The van der Waals surface area contributed by atoms with Crippen molar-refractivity contribution in [1.82, 2.24) is 19.5 Å². The maximum absolute atomic E-state index is 14.8. The SMILES string of the molecule is CC(C)[C@H](N)C(=O)OC[C@H](OC(=O)[C@@H](N)C(C)C)C(=O)OC[C@H]1O[C@@H](n2cnc3c(=O)[nH]c(N)nc32)C[C@@H]1F. The van der Waals surface area contributed by atoms with Crippen LogP contribution in [0.5, 0.6) is 0 Å². The van der Waals surface area contributed by atoms with Crippen LogP contribution in [0, 0.1) is 11.8 Å². The van der Waals surface area contributed by atoms with Crippen molar-refractivity contribution >= 4 is 35.0 Å². The van der Waals surface area contributed by atoms with Gasteiger partial charge in [-0.3, -0.25) is 23.9 Å². The minimum atomic E-state index is -1.67. The van der Waals surface area contributed by atoms with Gasteiger partial charge in [-0.2, -0.15) is 4.98 Å². The number of esters is 3. The summed E-state index contributed by atoms with van der Waals surface area (Å²) in [5.74, 6) is -3.52. The van der Waals surface area contributed by atoms with E-state index in [1.165, 1.54) is 10.9 Å². The topological polar surface area (TPSA) is 230 Å². The van der Waals surface area contributed by atoms with E-state index < -0.39 is 73.4 Å². The van der Waals surface area contributed by atoms with Crippen molar-refractivity contribution in [2.24, 2.45) is 23.3 Å². The molecule has 1 aliphatic rings. The minimum absolute atomic E-state index is 0.00548. The van der Waals surface area contributed by atoms with Gasteiger partial charge in [-0.05, 0) is 11.8 Å². The number of fused-ring (bicyclic) bond motifs is 1. The number of carbonyl (C=O) groups excluding carboxylic acids is 3. The first kappa shape index (κ1) is 29.9. The van der Waals surface area contributed by atoms with Crippen molar-refractivity contribution in [3.8, 4) is 0 Å². The number of alkyl halides is 1. The summed E-state index contributed by atoms with van der Waals surface area (Å²) >= 11 is 0. The largest absolute Gasteiger partial charge is 0.460 e. The van der Waals surface area contributed by atoms with Crippen molar-refractivity contribution in [2.75, 3.05) is 18.9 Å². The maximum Gasteiger partial charge on any atom is 0.351 e. The lowest BCUT2D eigenvalue weighted by Crippen LogP contribution is -2.44. The van der Waals surface area contributed by atoms with Crippen LogP contribution in [0.15, 0.2) is 11.1 Å². The molecule has 1 fully saturated rings. The Bertz CT molecular complexity index is 1250. The third-order valence-corrected chi connectivity index (χ3v) is 6.19. The van der Waals surface area contributed by atoms with Crippen LogP contribution in [-0.2, 0) is 33.3 Å². The molecule has 0 aromatic carbocycles. The van der Waals surface area contributed by atoms with Crippen LogP contribution in [0.3, 0.4) is 0 Å². The van der Waals surface area contributed by atoms with Gasteiger partial charge >= 0.3 is 17.9 Å². The van der Waals surface area contributed by atoms with E-state index in [2.05, 4.69) is 15.0 Å². The highest BCUT2D eigenvalue weighted by Crippen LogP contribution is 2.32. The first-order chi connectivity index (χ1) is 18.3. The molecule has 0 bridgehead atoms. The van der Waals surface area contributed by atoms with Gasteiger partial charge in [-0.15, -0.1) is 0 Å². The van der Waals surface area contributed by atoms with Gasteiger partial charge in [-0.25, -0.2) is 14.2 Å². The molecule has 7 N–H and O–H groups in total. The maximum atomic E-state index is 14.8. The van der Waals surface area contributed by atoms with E-state index >= 15 is 0 Å². The number of hydrogen-bond acceptors (Lipinski definition) is 13. The summed E-state index contributed by atoms with van der Waals surface area (Å²) < 4.78 is 37.3. The number of halogens is 1. The molecule has 3 rings (SSSR count). The highest BCUT2D eigenvalue weighted by molar-refractivity contribution is 5.82. The summed E-state index contributed by atoms with van der Waals surface area (Å²) in [6.07, 6.45) is -4.26. The Labute approximate surface area is 222 Å². The summed E-state index contributed by atoms with van der Waals surface area (Å²) in [5.41, 5.74) is 16.7. The van der Waals surface area contributed by atoms with Crippen LogP contribution in [0.2, 0.25) is 0 Å². The fourth-order valence-corrected chi connectivity index (χ4v) is 3.59. The quantitative estimate of drug-likeness (QED) is 0.199. The minimum Gasteiger partial charge on any atom is -0.460 e. The molecule has 0 radical (unpaired) electrons. The fourth-order valence-electron chi connectivity index (χ4n) is 3.59. The van der Waals surface area contributed by atoms with E-state index in [0.29, 0.717) is 0 Å². The van der Waals surface area contributed by atoms with Gasteiger partial charge in [0.25, 0.3) is 5.56 Å². The number of aromatic nitrogens is 4. The number of ether oxygens (including phenoxy) is 4. The van der Waals surface area contributed by atoms with Crippen LogP contribution in [0.25, 0.3) is 11.2 Å². The van der Waals surface area contributed by atoms with Crippen LogP contribution < -0.4 is 22.8 Å². The first-order valence-electron chi connectivity index (χ1n) is 12.4. The molecule has 2 aromatic heterocycles. The summed E-state index contributed by atoms with van der Waals surface area (Å²) in [4.78, 5) is 59.6. The molecule has 0 saturated carbocycles. The zero-order valence-corrected chi connectivity index (χ0v) is 22.0. The molecule has 0 aliphatic carbocycles. The predicted octanol–water partition coefficient (Wildman–Crippen LogP) is -0.708. The van der Waals surface area contributed by atoms with Crippen LogP contribution in [-0.4, -0.2) is 81.1 Å². The Morgan fingerprint density at radius 3 is 2.41 bits per heavy atom. The number of imidazole rings is 1. The predicted molar refractivity (Wildman–Crippen MR) is 133 cm³/mol. The molecule has 1 saturated heterocycles. The Hall–Kier alpha value is -3.63. The highest BCUT2D eigenvalue weighted by atomic mass is 19.1. The Balaban J connectivity index is 1.66. The second-order valence-corrected chi connectivity index (χ2v) is 9.88. The number of nitrogen functional groups attached to an aromatic ring is 1. The molecule has 16 heteroatoms. The summed E-state index contributed by atoms with van der Waals surface area (Å²) in [7, 11) is 0. The number of H-pyrrole nitrogens is 1. The van der Waals surface area contributed by atoms with Crippen molar-refractivity contribution in [3.63, 3.8) is 0 Å². The Kier molecular flexibility index (Phi) is 9.58. The third kappa shape index (κ3) is 7.07. The van der Waals surface area contributed by atoms with E-state index in [0.717, 1.165) is 0 Å². The average Bonchev–Trinajstić information content (AvgIpc) is 3.46. The lowest BCUT2D eigenvalue weighted by atomic mass is 10.1. The Morgan fingerprint density at radius 2 is 1.77 bits per heavy atom. The average molecular weight is 556 g/mol. The number of nitrogens with zero attached hydrogens (tertiary/aromatic N) is 3. The zero-order valence-electron chi connectivity index (χ0n) is 22.0. The number of aromatic amines is 1. The van der Waals surface area contributed by atoms with Gasteiger partial charge in [0.2, 0.25) is 12.1 Å². The van der Waals surface area contributed by atoms with Crippen LogP contribution in [0.1, 0.15) is 40.3 Å². The lowest BCUT2D eigenvalue weighted by Gasteiger charge is -2.22. The van der Waals surface area contributed by atoms with Gasteiger partial charge < -0.3 is 36.1 Å². The fraction of sp³-hybridized carbons (Fsp3) is 0.652. The van der Waals surface area contributed by atoms with Gasteiger partial charge in [0.1, 0.15) is 43.8 Å². The molecule has 2 aromatic rings. The zero-order chi connectivity index (χ0) is 29.0. The Morgan fingerprint density at radius 1 is 1.13 bits per heavy atom. The van der Waals surface area contributed by atoms with Crippen molar-refractivity contribution in [1.29, 1.82) is 0 Å². The summed E-state index contributed by atoms with van der Waals surface area (Å²) in [6.45, 7) is 5.54. The normalized spacial score (nSPS) is 21.6. The molecular weight excluding hydrogens is 521 g/mol. The second kappa shape index (κ2) is 12.5. The standard InChI is InChI=1S/C23H34FN7O8/c1-9(2)15(25)21(34)37-7-13(39-22(35)16(26)10(3)4)20(33)36-6-12-11(24)5-14(38-12)31-8-28-17-18(31)29-23(27)30-19(17)32/h8-16H,5-7,25-26H2,1-4H3,(H3,27,29,30,32)/t11-,12+,13-,14+,15-,16-/m0/s1. The van der Waals surface area contributed by atoms with Crippen molar-refractivity contribution in [3.05, 3.63) is 16.7 Å². The van der Waals surface area contributed by atoms with Crippen LogP contribution >= 0.6 is 0 Å². The van der Waals surface area contributed by atoms with Gasteiger partial charge in [0, 0.05) is 6.42 Å². The van der Waals surface area contributed by atoms with Gasteiger partial charge in [-0.1, -0.05) is 27.7 Å². The van der Waals surface area contributed by atoms with E-state index in [1.807, 2.05) is 0 Å². The van der Waals surface area contributed by atoms with Crippen molar-refractivity contribution in [2.45, 2.75) is 70.8 Å². The molecule has 0 unspecified atom stereocenters. The smallest absolute Gasteiger partial charge is 0.351 e. The second-order valence-electron chi connectivity index (χ2n) is 9.88. The molecule has 15 nitrogen and oxygen atoms in total. The van der Waals surface area contributed by atoms with E-state index in [1.54, 1.807) is 27.7 Å². The van der Waals surface area contributed by atoms with Gasteiger partial charge in [0.15, 0.2) is 11.2 Å². The highest BCUT2D eigenvalue weighted by Gasteiger charge is 2.39. The molecule has 1 aliphatic heterocycles. The van der Waals surface area contributed by atoms with Crippen molar-refractivity contribution < 1.29 is 37.7 Å². The molecular formula is C23H34FN7O8. The third-order valence-electron chi connectivity index (χ3n) is 6.19. The summed E-state index contributed by atoms with van der Waals surface area (Å²) in [5, 5.41) is 0. The lowest BCUT2D eigenvalue weighted by molar-refractivity contribution is -0.178. The molecule has 0 spiro atoms. The van der Waals surface area contributed by atoms with Gasteiger partial charge in [0.05, 0.1) is 6.33 Å². The molecule has 39 heavy (non-hydrogen) atoms. The first-order valence-corrected chi connectivity index (χ1v) is 12.4. The van der Waals surface area contributed by atoms with E-state index in [9.17, 15) is 23.6 Å².